The summed E-state index contributed by atoms with van der Waals surface area (Å²) < 4.78 is 15.9. The second kappa shape index (κ2) is 8.76. The van der Waals surface area contributed by atoms with Crippen LogP contribution in [0.15, 0.2) is 51.7 Å². The number of ketones is 1. The van der Waals surface area contributed by atoms with E-state index in [4.69, 9.17) is 13.9 Å². The fraction of sp³-hybridized carbons (Fsp3) is 0.320. The van der Waals surface area contributed by atoms with Crippen molar-refractivity contribution in [2.24, 2.45) is 0 Å². The van der Waals surface area contributed by atoms with Gasteiger partial charge in [-0.05, 0) is 48.4 Å². The smallest absolute Gasteiger partial charge is 0.344 e. The monoisotopic (exact) mass is 420 g/mol. The number of ether oxygens (including phenoxy) is 2. The van der Waals surface area contributed by atoms with Crippen LogP contribution in [0.1, 0.15) is 53.2 Å². The van der Waals surface area contributed by atoms with Crippen LogP contribution in [0, 0.1) is 0 Å². The van der Waals surface area contributed by atoms with Crippen molar-refractivity contribution >= 4 is 22.7 Å². The number of fused-ring (bicyclic) bond motifs is 3. The normalized spacial score (nSPS) is 12.7. The Morgan fingerprint density at radius 2 is 1.74 bits per heavy atom. The molecule has 1 aromatic heterocycles. The minimum atomic E-state index is -0.650. The van der Waals surface area contributed by atoms with Gasteiger partial charge in [-0.15, -0.1) is 0 Å². The number of carbonyl (C=O) groups is 2. The zero-order valence-corrected chi connectivity index (χ0v) is 17.6. The van der Waals surface area contributed by atoms with E-state index < -0.39 is 5.97 Å². The maximum Gasteiger partial charge on any atom is 0.344 e. The lowest BCUT2D eigenvalue weighted by molar-refractivity contribution is -0.144. The number of Topliss-reactive ketones (excluding diaryl/α,β-unsaturated/α-hetero) is 1. The summed E-state index contributed by atoms with van der Waals surface area (Å²) in [5, 5.41) is 0.899. The third kappa shape index (κ3) is 4.53. The summed E-state index contributed by atoms with van der Waals surface area (Å²) in [6, 6.07) is 12.4. The Hall–Kier alpha value is -3.41. The molecular formula is C25H24O6. The Bertz CT molecular complexity index is 1190. The molecule has 1 aliphatic rings. The SMILES string of the molecule is CC(C)c1ccc(C(=O)COC(=O)COc2ccc3c4c(c(=O)oc3c2)CCC4)cc1. The molecule has 160 valence electrons. The van der Waals surface area contributed by atoms with Gasteiger partial charge in [-0.25, -0.2) is 9.59 Å². The van der Waals surface area contributed by atoms with Crippen LogP contribution in [0.2, 0.25) is 0 Å². The molecule has 0 bridgehead atoms. The minimum absolute atomic E-state index is 0.273. The van der Waals surface area contributed by atoms with Crippen LogP contribution >= 0.6 is 0 Å². The van der Waals surface area contributed by atoms with Gasteiger partial charge >= 0.3 is 11.6 Å². The molecule has 1 heterocycles. The van der Waals surface area contributed by atoms with Gasteiger partial charge in [0.2, 0.25) is 0 Å². The topological polar surface area (TPSA) is 82.8 Å². The van der Waals surface area contributed by atoms with E-state index in [0.29, 0.717) is 22.8 Å². The third-order valence-electron chi connectivity index (χ3n) is 5.57. The molecular weight excluding hydrogens is 396 g/mol. The first-order valence-electron chi connectivity index (χ1n) is 10.4. The Kier molecular flexibility index (Phi) is 5.89. The third-order valence-corrected chi connectivity index (χ3v) is 5.57. The summed E-state index contributed by atoms with van der Waals surface area (Å²) in [5.41, 5.74) is 3.56. The lowest BCUT2D eigenvalue weighted by atomic mass is 10.0. The molecule has 0 spiro atoms. The second-order valence-corrected chi connectivity index (χ2v) is 8.01. The summed E-state index contributed by atoms with van der Waals surface area (Å²) in [5.74, 6) is -0.156. The molecule has 0 aliphatic heterocycles. The lowest BCUT2D eigenvalue weighted by Crippen LogP contribution is -2.19. The number of hydrogen-bond acceptors (Lipinski definition) is 6. The lowest BCUT2D eigenvalue weighted by Gasteiger charge is -2.09. The predicted octanol–water partition coefficient (Wildman–Crippen LogP) is 4.21. The van der Waals surface area contributed by atoms with Gasteiger partial charge in [0.15, 0.2) is 19.0 Å². The van der Waals surface area contributed by atoms with Crippen LogP contribution < -0.4 is 10.4 Å². The Morgan fingerprint density at radius 3 is 2.48 bits per heavy atom. The molecule has 0 saturated heterocycles. The molecule has 4 rings (SSSR count). The van der Waals surface area contributed by atoms with Gasteiger partial charge in [0, 0.05) is 22.6 Å². The van der Waals surface area contributed by atoms with Crippen molar-refractivity contribution in [1.82, 2.24) is 0 Å². The zero-order chi connectivity index (χ0) is 22.0. The number of rotatable bonds is 7. The molecule has 0 fully saturated rings. The summed E-state index contributed by atoms with van der Waals surface area (Å²) in [4.78, 5) is 36.3. The quantitative estimate of drug-likeness (QED) is 0.323. The van der Waals surface area contributed by atoms with Gasteiger partial charge in [-0.1, -0.05) is 38.1 Å². The molecule has 1 aliphatic carbocycles. The maximum atomic E-state index is 12.2. The number of hydrogen-bond donors (Lipinski definition) is 0. The van der Waals surface area contributed by atoms with Crippen molar-refractivity contribution in [3.05, 3.63) is 75.1 Å². The molecule has 6 heteroatoms. The number of benzene rings is 2. The molecule has 0 saturated carbocycles. The van der Waals surface area contributed by atoms with Crippen LogP contribution in [0.25, 0.3) is 11.0 Å². The highest BCUT2D eigenvalue weighted by molar-refractivity contribution is 5.98. The van der Waals surface area contributed by atoms with Gasteiger partial charge in [-0.2, -0.15) is 0 Å². The molecule has 3 aromatic rings. The first-order valence-corrected chi connectivity index (χ1v) is 10.4. The molecule has 0 radical (unpaired) electrons. The van der Waals surface area contributed by atoms with E-state index in [1.54, 1.807) is 24.3 Å². The zero-order valence-electron chi connectivity index (χ0n) is 17.6. The van der Waals surface area contributed by atoms with E-state index in [1.165, 1.54) is 0 Å². The highest BCUT2D eigenvalue weighted by Gasteiger charge is 2.20. The van der Waals surface area contributed by atoms with E-state index >= 15 is 0 Å². The van der Waals surface area contributed by atoms with E-state index in [9.17, 15) is 14.4 Å². The van der Waals surface area contributed by atoms with Gasteiger partial charge < -0.3 is 13.9 Å². The Morgan fingerprint density at radius 1 is 1.00 bits per heavy atom. The summed E-state index contributed by atoms with van der Waals surface area (Å²) >= 11 is 0. The van der Waals surface area contributed by atoms with Crippen LogP contribution in [0.3, 0.4) is 0 Å². The highest BCUT2D eigenvalue weighted by Crippen LogP contribution is 2.29. The van der Waals surface area contributed by atoms with Crippen molar-refractivity contribution in [3.8, 4) is 5.75 Å². The molecule has 0 N–H and O–H groups in total. The van der Waals surface area contributed by atoms with Gasteiger partial charge in [0.05, 0.1) is 0 Å². The van der Waals surface area contributed by atoms with Crippen molar-refractivity contribution in [2.75, 3.05) is 13.2 Å². The summed E-state index contributed by atoms with van der Waals surface area (Å²) in [7, 11) is 0. The molecule has 0 amide bonds. The van der Waals surface area contributed by atoms with Crippen LogP contribution in [-0.4, -0.2) is 25.0 Å². The van der Waals surface area contributed by atoms with Gasteiger partial charge in [-0.3, -0.25) is 4.79 Å². The van der Waals surface area contributed by atoms with E-state index in [2.05, 4.69) is 13.8 Å². The minimum Gasteiger partial charge on any atom is -0.482 e. The number of esters is 1. The standard InChI is InChI=1S/C25H24O6/c1-15(2)16-6-8-17(9-7-16)22(26)13-30-24(27)14-29-18-10-11-20-19-4-3-5-21(19)25(28)31-23(20)12-18/h6-12,15H,3-5,13-14H2,1-2H3. The second-order valence-electron chi connectivity index (χ2n) is 8.01. The van der Waals surface area contributed by atoms with Crippen molar-refractivity contribution < 1.29 is 23.5 Å². The first kappa shape index (κ1) is 20.8. The van der Waals surface area contributed by atoms with Crippen molar-refractivity contribution in [3.63, 3.8) is 0 Å². The fourth-order valence-corrected chi connectivity index (χ4v) is 3.82. The predicted molar refractivity (Wildman–Crippen MR) is 116 cm³/mol. The molecule has 6 nitrogen and oxygen atoms in total. The first-order chi connectivity index (χ1) is 14.9. The molecule has 0 unspecified atom stereocenters. The molecule has 31 heavy (non-hydrogen) atoms. The molecule has 0 atom stereocenters. The molecule has 2 aromatic carbocycles. The van der Waals surface area contributed by atoms with Crippen LogP contribution in [-0.2, 0) is 22.4 Å². The van der Waals surface area contributed by atoms with E-state index in [-0.39, 0.29) is 24.6 Å². The van der Waals surface area contributed by atoms with Crippen LogP contribution in [0.5, 0.6) is 5.75 Å². The van der Waals surface area contributed by atoms with Crippen molar-refractivity contribution in [2.45, 2.75) is 39.0 Å². The highest BCUT2D eigenvalue weighted by atomic mass is 16.6. The Balaban J connectivity index is 1.33. The van der Waals surface area contributed by atoms with Gasteiger partial charge in [0.25, 0.3) is 0 Å². The van der Waals surface area contributed by atoms with Crippen LogP contribution in [0.4, 0.5) is 0 Å². The average molecular weight is 420 g/mol. The Labute approximate surface area is 179 Å². The fourth-order valence-electron chi connectivity index (χ4n) is 3.82. The van der Waals surface area contributed by atoms with Gasteiger partial charge in [0.1, 0.15) is 11.3 Å². The number of carbonyl (C=O) groups excluding carboxylic acids is 2. The summed E-state index contributed by atoms with van der Waals surface area (Å²) in [6.45, 7) is 3.46. The van der Waals surface area contributed by atoms with E-state index in [1.807, 2.05) is 18.2 Å². The largest absolute Gasteiger partial charge is 0.482 e. The summed E-state index contributed by atoms with van der Waals surface area (Å²) in [6.07, 6.45) is 2.56. The van der Waals surface area contributed by atoms with E-state index in [0.717, 1.165) is 41.3 Å². The average Bonchev–Trinajstić information content (AvgIpc) is 3.27. The maximum absolute atomic E-state index is 12.2. The van der Waals surface area contributed by atoms with Crippen molar-refractivity contribution in [1.29, 1.82) is 0 Å². The number of aryl methyl sites for hydroxylation is 1.